The summed E-state index contributed by atoms with van der Waals surface area (Å²) in [4.78, 5) is 26.8. The number of anilines is 1. The molecule has 3 heterocycles. The number of allylic oxidation sites excluding steroid dienone is 1. The molecule has 13 heteroatoms. The molecule has 0 fully saturated rings. The van der Waals surface area contributed by atoms with E-state index >= 15 is 0 Å². The molecular formula is C24H27ClFN6O4P. The van der Waals surface area contributed by atoms with Crippen molar-refractivity contribution in [1.82, 2.24) is 14.8 Å². The van der Waals surface area contributed by atoms with Crippen LogP contribution in [0.1, 0.15) is 36.6 Å². The lowest BCUT2D eigenvalue weighted by Crippen LogP contribution is -2.15. The van der Waals surface area contributed by atoms with Gasteiger partial charge in [-0.1, -0.05) is 11.6 Å². The van der Waals surface area contributed by atoms with Crippen molar-refractivity contribution in [3.8, 4) is 17.0 Å². The monoisotopic (exact) mass is 548 g/mol. The van der Waals surface area contributed by atoms with Gasteiger partial charge in [-0.05, 0) is 43.7 Å². The Bertz CT molecular complexity index is 1360. The van der Waals surface area contributed by atoms with Gasteiger partial charge in [0.25, 0.3) is 0 Å². The molecule has 1 aliphatic heterocycles. The molecule has 0 radical (unpaired) electrons. The van der Waals surface area contributed by atoms with E-state index in [1.54, 1.807) is 43.2 Å². The number of benzene rings is 1. The largest absolute Gasteiger partial charge is 0.482 e. The van der Waals surface area contributed by atoms with E-state index in [1.807, 2.05) is 6.92 Å². The van der Waals surface area contributed by atoms with Crippen molar-refractivity contribution in [3.63, 3.8) is 0 Å². The molecule has 1 aromatic carbocycles. The van der Waals surface area contributed by atoms with Crippen LogP contribution in [0.2, 0.25) is 5.15 Å². The highest BCUT2D eigenvalue weighted by Crippen LogP contribution is 2.39. The van der Waals surface area contributed by atoms with Crippen molar-refractivity contribution in [1.29, 1.82) is 0 Å². The highest BCUT2D eigenvalue weighted by atomic mass is 35.5. The topological polar surface area (TPSA) is 140 Å². The molecule has 1 unspecified atom stereocenters. The quantitative estimate of drug-likeness (QED) is 0.202. The zero-order chi connectivity index (χ0) is 26.7. The number of nitrogens with zero attached hydrogens (tertiary/aromatic N) is 4. The molecule has 4 rings (SSSR count). The van der Waals surface area contributed by atoms with Crippen LogP contribution in [0.25, 0.3) is 17.0 Å². The number of hydrogen-bond acceptors (Lipinski definition) is 9. The number of hydrogen-bond donors (Lipinski definition) is 4. The van der Waals surface area contributed by atoms with E-state index in [1.165, 1.54) is 12.1 Å². The van der Waals surface area contributed by atoms with Crippen LogP contribution in [0.4, 0.5) is 10.2 Å². The zero-order valence-corrected chi connectivity index (χ0v) is 22.1. The number of aromatic nitrogens is 3. The van der Waals surface area contributed by atoms with Crippen molar-refractivity contribution in [3.05, 3.63) is 63.7 Å². The van der Waals surface area contributed by atoms with Gasteiger partial charge in [0.05, 0.1) is 5.69 Å². The zero-order valence-electron chi connectivity index (χ0n) is 20.4. The molecule has 3 aromatic rings. The summed E-state index contributed by atoms with van der Waals surface area (Å²) in [5, 5.41) is 7.70. The fourth-order valence-corrected chi connectivity index (χ4v) is 4.66. The second-order valence-electron chi connectivity index (χ2n) is 8.20. The number of pyridine rings is 1. The Kier molecular flexibility index (Phi) is 8.41. The first-order valence-corrected chi connectivity index (χ1v) is 12.9. The van der Waals surface area contributed by atoms with Crippen LogP contribution in [0, 0.1) is 5.82 Å². The Morgan fingerprint density at radius 2 is 2.19 bits per heavy atom. The summed E-state index contributed by atoms with van der Waals surface area (Å²) < 4.78 is 27.3. The third-order valence-corrected chi connectivity index (χ3v) is 6.55. The second-order valence-corrected chi connectivity index (χ2v) is 9.32. The fraction of sp³-hybridized carbons (Fsp3) is 0.292. The molecule has 1 atom stereocenters. The van der Waals surface area contributed by atoms with E-state index in [-0.39, 0.29) is 6.73 Å². The number of rotatable bonds is 6. The lowest BCUT2D eigenvalue weighted by Gasteiger charge is -2.23. The van der Waals surface area contributed by atoms with E-state index in [4.69, 9.17) is 36.4 Å². The van der Waals surface area contributed by atoms with Gasteiger partial charge in [0.1, 0.15) is 18.7 Å². The Labute approximate surface area is 219 Å². The maximum absolute atomic E-state index is 14.4. The molecule has 196 valence electrons. The van der Waals surface area contributed by atoms with Gasteiger partial charge < -0.3 is 25.6 Å². The summed E-state index contributed by atoms with van der Waals surface area (Å²) in [6.07, 6.45) is 2.97. The number of nitrogens with two attached hydrogens (primary N) is 1. The Morgan fingerprint density at radius 3 is 2.89 bits per heavy atom. The van der Waals surface area contributed by atoms with Crippen LogP contribution in [0.5, 0.6) is 5.75 Å². The van der Waals surface area contributed by atoms with Crippen molar-refractivity contribution in [2.45, 2.75) is 32.9 Å². The molecule has 0 amide bonds. The summed E-state index contributed by atoms with van der Waals surface area (Å²) in [6.45, 7) is 4.05. The van der Waals surface area contributed by atoms with Crippen molar-refractivity contribution < 1.29 is 23.4 Å². The minimum atomic E-state index is -2.55. The van der Waals surface area contributed by atoms with Gasteiger partial charge in [-0.3, -0.25) is 14.2 Å². The predicted octanol–water partition coefficient (Wildman–Crippen LogP) is 4.42. The van der Waals surface area contributed by atoms with E-state index in [9.17, 15) is 4.39 Å². The second kappa shape index (κ2) is 11.5. The molecule has 10 nitrogen and oxygen atoms in total. The third-order valence-electron chi connectivity index (χ3n) is 5.89. The van der Waals surface area contributed by atoms with Crippen LogP contribution >= 0.6 is 20.2 Å². The first-order valence-electron chi connectivity index (χ1n) is 11.4. The SMILES string of the molecule is CCn1nc(Cl)c2c1-c1cnc(NCOP(O)O)c(c1)OC(C)c1cc(F)ccc1/C(N)=C(/C=NC)C2. The lowest BCUT2D eigenvalue weighted by atomic mass is 9.94. The summed E-state index contributed by atoms with van der Waals surface area (Å²) >= 11 is 6.62. The standard InChI is InChI=1S/C24H27ClFN6O4P/c1-4-32-22-15-8-20(24(29-11-15)30-12-35-37(33)34)36-13(2)18-9-16(26)5-6-17(18)21(27)14(10-28-3)7-19(22)23(25)31-32/h5-6,8-11,13,33-34H,4,7,12,27H2,1-3H3,(H,29,30)/b21-14-,28-10?. The molecule has 37 heavy (non-hydrogen) atoms. The number of aryl methyl sites for hydroxylation is 1. The average molecular weight is 549 g/mol. The molecular weight excluding hydrogens is 522 g/mol. The Hall–Kier alpha value is -3.08. The number of fused-ring (bicyclic) bond motifs is 5. The first-order chi connectivity index (χ1) is 17.7. The first kappa shape index (κ1) is 27.0. The van der Waals surface area contributed by atoms with Crippen molar-refractivity contribution in [2.24, 2.45) is 10.7 Å². The van der Waals surface area contributed by atoms with Gasteiger partial charge in [-0.15, -0.1) is 0 Å². The van der Waals surface area contributed by atoms with Gasteiger partial charge in [0.15, 0.2) is 16.7 Å². The van der Waals surface area contributed by atoms with Crippen molar-refractivity contribution in [2.75, 3.05) is 19.1 Å². The van der Waals surface area contributed by atoms with E-state index in [0.29, 0.717) is 57.6 Å². The third kappa shape index (κ3) is 5.76. The predicted molar refractivity (Wildman–Crippen MR) is 142 cm³/mol. The fourth-order valence-electron chi connectivity index (χ4n) is 4.23. The average Bonchev–Trinajstić information content (AvgIpc) is 3.18. The van der Waals surface area contributed by atoms with Gasteiger partial charge in [0, 0.05) is 60.4 Å². The minimum Gasteiger partial charge on any atom is -0.482 e. The van der Waals surface area contributed by atoms with Crippen LogP contribution in [-0.2, 0) is 17.5 Å². The number of halogens is 2. The van der Waals surface area contributed by atoms with E-state index < -0.39 is 20.5 Å². The van der Waals surface area contributed by atoms with Crippen LogP contribution in [0.3, 0.4) is 0 Å². The normalized spacial score (nSPS) is 17.7. The van der Waals surface area contributed by atoms with E-state index in [0.717, 1.165) is 11.3 Å². The molecule has 0 aliphatic carbocycles. The summed E-state index contributed by atoms with van der Waals surface area (Å²) in [6, 6.07) is 6.11. The molecule has 2 aromatic heterocycles. The molecule has 0 saturated carbocycles. The van der Waals surface area contributed by atoms with Gasteiger partial charge >= 0.3 is 8.60 Å². The van der Waals surface area contributed by atoms with Gasteiger partial charge in [0.2, 0.25) is 0 Å². The number of ether oxygens (including phenoxy) is 1. The summed E-state index contributed by atoms with van der Waals surface area (Å²) in [7, 11) is -0.907. The molecule has 2 bridgehead atoms. The van der Waals surface area contributed by atoms with Crippen LogP contribution in [-0.4, -0.2) is 44.5 Å². The molecule has 1 aliphatic rings. The van der Waals surface area contributed by atoms with Gasteiger partial charge in [-0.2, -0.15) is 5.10 Å². The van der Waals surface area contributed by atoms with Crippen LogP contribution < -0.4 is 15.8 Å². The minimum absolute atomic E-state index is 0.222. The molecule has 0 spiro atoms. The highest BCUT2D eigenvalue weighted by molar-refractivity contribution is 7.39. The van der Waals surface area contributed by atoms with Gasteiger partial charge in [-0.25, -0.2) is 9.37 Å². The Morgan fingerprint density at radius 1 is 1.41 bits per heavy atom. The summed E-state index contributed by atoms with van der Waals surface area (Å²) in [5.74, 6) is 0.181. The molecule has 5 N–H and O–H groups in total. The number of nitrogens with one attached hydrogen (secondary N) is 1. The molecule has 0 saturated heterocycles. The highest BCUT2D eigenvalue weighted by Gasteiger charge is 2.25. The van der Waals surface area contributed by atoms with E-state index in [2.05, 4.69) is 20.4 Å². The number of aliphatic imine (C=N–C) groups is 1. The smallest absolute Gasteiger partial charge is 0.328 e. The maximum Gasteiger partial charge on any atom is 0.328 e. The summed E-state index contributed by atoms with van der Waals surface area (Å²) in [5.41, 5.74) is 11.0. The Balaban J connectivity index is 1.97. The van der Waals surface area contributed by atoms with Crippen molar-refractivity contribution >= 4 is 37.9 Å². The lowest BCUT2D eigenvalue weighted by molar-refractivity contribution is 0.225. The van der Waals surface area contributed by atoms with Crippen LogP contribution in [0.15, 0.2) is 41.0 Å². The maximum atomic E-state index is 14.4.